The Kier molecular flexibility index (Phi) is 7.28. The van der Waals surface area contributed by atoms with Crippen LogP contribution in [0.3, 0.4) is 0 Å². The molecule has 2 aromatic rings. The topological polar surface area (TPSA) is 86.7 Å². The van der Waals surface area contributed by atoms with E-state index in [2.05, 4.69) is 8.95 Å². The summed E-state index contributed by atoms with van der Waals surface area (Å²) in [6, 6.07) is 10.4. The number of anilines is 1. The SMILES string of the molecule is COc1cc(C(=O)N(C)c2cc[c]([Ge][O]OO)cc2)cc(OC)c1OC. The molecule has 2 aromatic carbocycles. The maximum absolute atomic E-state index is 12.8. The molecule has 0 aliphatic rings. The molecule has 0 heterocycles. The zero-order valence-electron chi connectivity index (χ0n) is 14.8. The van der Waals surface area contributed by atoms with Gasteiger partial charge >= 0.3 is 157 Å². The van der Waals surface area contributed by atoms with Gasteiger partial charge in [0.15, 0.2) is 0 Å². The van der Waals surface area contributed by atoms with Crippen molar-refractivity contribution in [1.29, 1.82) is 0 Å². The van der Waals surface area contributed by atoms with E-state index in [9.17, 15) is 4.79 Å². The van der Waals surface area contributed by atoms with E-state index in [0.717, 1.165) is 4.40 Å². The van der Waals surface area contributed by atoms with Crippen LogP contribution in [0.1, 0.15) is 10.4 Å². The number of nitrogens with zero attached hydrogens (tertiary/aromatic N) is 1. The van der Waals surface area contributed by atoms with Gasteiger partial charge < -0.3 is 0 Å². The third-order valence-electron chi connectivity index (χ3n) is 3.67. The Labute approximate surface area is 157 Å². The van der Waals surface area contributed by atoms with E-state index in [1.165, 1.54) is 26.2 Å². The summed E-state index contributed by atoms with van der Waals surface area (Å²) in [5.74, 6) is 1.01. The molecular formula is C17H19GeNO7. The van der Waals surface area contributed by atoms with Gasteiger partial charge in [-0.25, -0.2) is 0 Å². The first-order valence-corrected chi connectivity index (χ1v) is 9.37. The van der Waals surface area contributed by atoms with Crippen molar-refractivity contribution in [3.05, 3.63) is 42.0 Å². The van der Waals surface area contributed by atoms with Gasteiger partial charge in [-0.15, -0.1) is 0 Å². The summed E-state index contributed by atoms with van der Waals surface area (Å²) < 4.78 is 21.3. The summed E-state index contributed by atoms with van der Waals surface area (Å²) in [5.41, 5.74) is 1.10. The molecule has 1 amide bonds. The predicted octanol–water partition coefficient (Wildman–Crippen LogP) is 1.65. The number of carbonyl (C=O) groups excluding carboxylic acids is 1. The number of ether oxygens (including phenoxy) is 3. The van der Waals surface area contributed by atoms with Crippen molar-refractivity contribution < 1.29 is 33.2 Å². The summed E-state index contributed by atoms with van der Waals surface area (Å²) in [4.78, 5) is 14.3. The van der Waals surface area contributed by atoms with Crippen molar-refractivity contribution >= 4 is 31.8 Å². The van der Waals surface area contributed by atoms with Crippen LogP contribution < -0.4 is 23.5 Å². The third kappa shape index (κ3) is 4.47. The standard InChI is InChI=1S/C17H19GeNO7/c1-19(13-7-5-12(6-8-13)18-25-26-21)17(20)11-9-14(22-2)16(24-4)15(10-11)23-3/h5-10,21H,1-4H3. The molecule has 0 saturated heterocycles. The van der Waals surface area contributed by atoms with E-state index in [4.69, 9.17) is 19.5 Å². The number of amides is 1. The fourth-order valence-electron chi connectivity index (χ4n) is 2.34. The van der Waals surface area contributed by atoms with Crippen LogP contribution in [0.25, 0.3) is 0 Å². The second-order valence-corrected chi connectivity index (χ2v) is 7.07. The van der Waals surface area contributed by atoms with Crippen LogP contribution in [-0.4, -0.2) is 55.3 Å². The first-order valence-electron chi connectivity index (χ1n) is 7.47. The minimum absolute atomic E-state index is 0.233. The fourth-order valence-corrected chi connectivity index (χ4v) is 3.25. The van der Waals surface area contributed by atoms with Gasteiger partial charge in [0.25, 0.3) is 0 Å². The Morgan fingerprint density at radius 2 is 1.58 bits per heavy atom. The molecule has 1 N–H and O–H groups in total. The van der Waals surface area contributed by atoms with Crippen molar-refractivity contribution in [3.63, 3.8) is 0 Å². The normalized spacial score (nSPS) is 10.3. The molecule has 0 aliphatic heterocycles. The first kappa shape index (κ1) is 20.0. The van der Waals surface area contributed by atoms with Crippen molar-refractivity contribution in [1.82, 2.24) is 0 Å². The summed E-state index contributed by atoms with van der Waals surface area (Å²) in [6.07, 6.45) is 0. The summed E-state index contributed by atoms with van der Waals surface area (Å²) in [5, 5.41) is 11.9. The minimum atomic E-state index is -1.04. The Balaban J connectivity index is 2.27. The predicted molar refractivity (Wildman–Crippen MR) is 95.5 cm³/mol. The van der Waals surface area contributed by atoms with Gasteiger partial charge in [-0.3, -0.25) is 0 Å². The van der Waals surface area contributed by atoms with Gasteiger partial charge in [0.1, 0.15) is 0 Å². The van der Waals surface area contributed by atoms with E-state index in [1.54, 1.807) is 31.3 Å². The molecule has 0 fully saturated rings. The second kappa shape index (κ2) is 9.44. The van der Waals surface area contributed by atoms with Crippen LogP contribution in [0.5, 0.6) is 17.2 Å². The molecule has 0 atom stereocenters. The fraction of sp³-hybridized carbons (Fsp3) is 0.235. The molecule has 8 nitrogen and oxygen atoms in total. The molecular weight excluding hydrogens is 403 g/mol. The molecule has 9 heteroatoms. The molecule has 0 aromatic heterocycles. The molecule has 0 aliphatic carbocycles. The molecule has 0 bridgehead atoms. The van der Waals surface area contributed by atoms with E-state index in [1.807, 2.05) is 12.1 Å². The molecule has 2 radical (unpaired) electrons. The van der Waals surface area contributed by atoms with E-state index in [0.29, 0.717) is 28.5 Å². The Bertz CT molecular complexity index is 726. The van der Waals surface area contributed by atoms with Crippen LogP contribution in [-0.2, 0) is 8.95 Å². The first-order chi connectivity index (χ1) is 12.5. The number of methoxy groups -OCH3 is 3. The molecule has 0 unspecified atom stereocenters. The summed E-state index contributed by atoms with van der Waals surface area (Å²) >= 11 is -1.04. The van der Waals surface area contributed by atoms with Crippen molar-refractivity contribution in [2.24, 2.45) is 0 Å². The molecule has 0 spiro atoms. The Morgan fingerprint density at radius 3 is 2.04 bits per heavy atom. The molecule has 138 valence electrons. The van der Waals surface area contributed by atoms with E-state index in [-0.39, 0.29) is 5.91 Å². The van der Waals surface area contributed by atoms with Crippen LogP contribution in [0.15, 0.2) is 36.4 Å². The summed E-state index contributed by atoms with van der Waals surface area (Å²) in [6.45, 7) is 0. The van der Waals surface area contributed by atoms with Crippen LogP contribution in [0.4, 0.5) is 5.69 Å². The van der Waals surface area contributed by atoms with Gasteiger partial charge in [0, 0.05) is 0 Å². The quantitative estimate of drug-likeness (QED) is 0.394. The monoisotopic (exact) mass is 423 g/mol. The average molecular weight is 422 g/mol. The molecule has 2 rings (SSSR count). The number of rotatable bonds is 8. The Morgan fingerprint density at radius 1 is 1.00 bits per heavy atom. The van der Waals surface area contributed by atoms with E-state index >= 15 is 0 Å². The second-order valence-electron chi connectivity index (χ2n) is 5.08. The molecule has 0 saturated carbocycles. The number of hydrogen-bond donors (Lipinski definition) is 1. The molecule has 26 heavy (non-hydrogen) atoms. The average Bonchev–Trinajstić information content (AvgIpc) is 2.70. The third-order valence-corrected chi connectivity index (χ3v) is 5.19. The number of carbonyl (C=O) groups is 1. The number of hydrogen-bond acceptors (Lipinski definition) is 7. The van der Waals surface area contributed by atoms with Crippen LogP contribution in [0.2, 0.25) is 0 Å². The Hall–Kier alpha value is -2.27. The van der Waals surface area contributed by atoms with Gasteiger partial charge in [-0.05, 0) is 0 Å². The van der Waals surface area contributed by atoms with Crippen LogP contribution >= 0.6 is 0 Å². The van der Waals surface area contributed by atoms with Crippen LogP contribution in [0, 0.1) is 0 Å². The van der Waals surface area contributed by atoms with Gasteiger partial charge in [0.2, 0.25) is 0 Å². The van der Waals surface area contributed by atoms with Gasteiger partial charge in [-0.1, -0.05) is 0 Å². The maximum atomic E-state index is 12.8. The van der Waals surface area contributed by atoms with Crippen molar-refractivity contribution in [3.8, 4) is 17.2 Å². The van der Waals surface area contributed by atoms with Gasteiger partial charge in [-0.2, -0.15) is 0 Å². The zero-order chi connectivity index (χ0) is 19.1. The van der Waals surface area contributed by atoms with Gasteiger partial charge in [0.05, 0.1) is 0 Å². The van der Waals surface area contributed by atoms with Crippen molar-refractivity contribution in [2.45, 2.75) is 0 Å². The zero-order valence-corrected chi connectivity index (χ0v) is 16.9. The number of benzene rings is 2. The summed E-state index contributed by atoms with van der Waals surface area (Å²) in [7, 11) is 6.17. The van der Waals surface area contributed by atoms with Crippen molar-refractivity contribution in [2.75, 3.05) is 33.3 Å². The van der Waals surface area contributed by atoms with E-state index < -0.39 is 15.8 Å².